The first kappa shape index (κ1) is 13.3. The molecule has 1 aliphatic rings. The number of halogens is 1. The number of rotatable bonds is 4. The number of carbonyl (C=O) groups is 1. The number of carbonyl (C=O) groups excluding carboxylic acids is 1. The number of hydrogen-bond acceptors (Lipinski definition) is 4. The van der Waals surface area contributed by atoms with Gasteiger partial charge in [0.15, 0.2) is 6.29 Å². The molecule has 1 heterocycles. The molecule has 0 atom stereocenters. The summed E-state index contributed by atoms with van der Waals surface area (Å²) in [6.45, 7) is 2.24. The minimum Gasteiger partial charge on any atom is -0.367 e. The Morgan fingerprint density at radius 1 is 1.39 bits per heavy atom. The van der Waals surface area contributed by atoms with E-state index < -0.39 is 0 Å². The van der Waals surface area contributed by atoms with Gasteiger partial charge in [0.25, 0.3) is 0 Å². The number of nitrogens with one attached hydrogen (secondary N) is 1. The maximum Gasteiger partial charge on any atom is 0.156 e. The number of hydrogen-bond donors (Lipinski definition) is 1. The zero-order valence-electron chi connectivity index (χ0n) is 10.5. The van der Waals surface area contributed by atoms with Gasteiger partial charge in [-0.15, -0.1) is 0 Å². The molecule has 1 aromatic heterocycles. The highest BCUT2D eigenvalue weighted by atomic mass is 35.5. The summed E-state index contributed by atoms with van der Waals surface area (Å²) in [5, 5.41) is 3.53. The first-order chi connectivity index (χ1) is 8.74. The molecule has 0 saturated heterocycles. The molecule has 1 aliphatic carbocycles. The Morgan fingerprint density at radius 2 is 2.11 bits per heavy atom. The lowest BCUT2D eigenvalue weighted by Gasteiger charge is -2.29. The molecule has 1 aromatic rings. The van der Waals surface area contributed by atoms with Gasteiger partial charge in [0.2, 0.25) is 0 Å². The van der Waals surface area contributed by atoms with E-state index in [9.17, 15) is 4.79 Å². The lowest BCUT2D eigenvalue weighted by molar-refractivity contribution is 0.112. The molecule has 0 aliphatic heterocycles. The fourth-order valence-electron chi connectivity index (χ4n) is 2.50. The summed E-state index contributed by atoms with van der Waals surface area (Å²) < 4.78 is 0. The maximum absolute atomic E-state index is 11.0. The molecule has 5 heteroatoms. The third-order valence-electron chi connectivity index (χ3n) is 3.72. The molecule has 0 unspecified atom stereocenters. The van der Waals surface area contributed by atoms with Crippen LogP contribution in [0.1, 0.15) is 49.4 Å². The van der Waals surface area contributed by atoms with Crippen LogP contribution >= 0.6 is 11.6 Å². The topological polar surface area (TPSA) is 54.9 Å². The molecule has 98 valence electrons. The first-order valence-corrected chi connectivity index (χ1v) is 6.84. The van der Waals surface area contributed by atoms with Crippen molar-refractivity contribution in [1.29, 1.82) is 0 Å². The molecule has 1 saturated carbocycles. The Kier molecular flexibility index (Phi) is 4.53. The second-order valence-electron chi connectivity index (χ2n) is 4.81. The highest BCUT2D eigenvalue weighted by Gasteiger charge is 2.21. The fraction of sp³-hybridized carbons (Fsp3) is 0.615. The summed E-state index contributed by atoms with van der Waals surface area (Å²) in [5.74, 6) is 1.41. The number of aromatic nitrogens is 2. The second-order valence-corrected chi connectivity index (χ2v) is 5.17. The van der Waals surface area contributed by atoms with E-state index in [1.807, 2.05) is 0 Å². The Hall–Kier alpha value is -1.16. The van der Waals surface area contributed by atoms with Crippen molar-refractivity contribution in [2.45, 2.75) is 45.1 Å². The molecular weight excluding hydrogens is 250 g/mol. The predicted molar refractivity (Wildman–Crippen MR) is 72.1 cm³/mol. The van der Waals surface area contributed by atoms with E-state index >= 15 is 0 Å². The Bertz CT molecular complexity index is 417. The highest BCUT2D eigenvalue weighted by molar-refractivity contribution is 6.32. The lowest BCUT2D eigenvalue weighted by Crippen LogP contribution is -2.27. The van der Waals surface area contributed by atoms with Gasteiger partial charge in [-0.1, -0.05) is 24.9 Å². The van der Waals surface area contributed by atoms with E-state index in [4.69, 9.17) is 11.6 Å². The van der Waals surface area contributed by atoms with Crippen LogP contribution in [0.3, 0.4) is 0 Å². The zero-order valence-corrected chi connectivity index (χ0v) is 11.3. The van der Waals surface area contributed by atoms with Gasteiger partial charge < -0.3 is 5.32 Å². The molecule has 1 N–H and O–H groups in total. The number of aldehydes is 1. The average molecular weight is 268 g/mol. The Balaban J connectivity index is 2.02. The van der Waals surface area contributed by atoms with Crippen LogP contribution in [0.25, 0.3) is 0 Å². The third-order valence-corrected chi connectivity index (χ3v) is 4.02. The van der Waals surface area contributed by atoms with Crippen molar-refractivity contribution in [2.24, 2.45) is 5.92 Å². The minimum atomic E-state index is 0.213. The normalized spacial score (nSPS) is 23.7. The molecule has 0 bridgehead atoms. The van der Waals surface area contributed by atoms with Crippen molar-refractivity contribution < 1.29 is 4.79 Å². The molecule has 0 amide bonds. The average Bonchev–Trinajstić information content (AvgIpc) is 2.40. The maximum atomic E-state index is 11.0. The van der Waals surface area contributed by atoms with Crippen molar-refractivity contribution in [3.8, 4) is 0 Å². The SMILES string of the molecule is CCC1CCC(Nc2ncnc(Cl)c2C=O)CC1. The summed E-state index contributed by atoms with van der Waals surface area (Å²) in [4.78, 5) is 18.9. The van der Waals surface area contributed by atoms with E-state index in [-0.39, 0.29) is 5.15 Å². The molecule has 2 rings (SSSR count). The van der Waals surface area contributed by atoms with Crippen molar-refractivity contribution in [3.05, 3.63) is 17.0 Å². The van der Waals surface area contributed by atoms with Crippen molar-refractivity contribution in [3.63, 3.8) is 0 Å². The van der Waals surface area contributed by atoms with Gasteiger partial charge >= 0.3 is 0 Å². The predicted octanol–water partition coefficient (Wildman–Crippen LogP) is 3.32. The quantitative estimate of drug-likeness (QED) is 0.672. The van der Waals surface area contributed by atoms with Gasteiger partial charge in [-0.2, -0.15) is 0 Å². The van der Waals surface area contributed by atoms with Gasteiger partial charge in [0.1, 0.15) is 17.3 Å². The van der Waals surface area contributed by atoms with Crippen LogP contribution in [0, 0.1) is 5.92 Å². The van der Waals surface area contributed by atoms with Gasteiger partial charge in [-0.05, 0) is 31.6 Å². The van der Waals surface area contributed by atoms with Crippen molar-refractivity contribution in [2.75, 3.05) is 5.32 Å². The summed E-state index contributed by atoms with van der Waals surface area (Å²) in [6.07, 6.45) is 8.08. The molecule has 0 aromatic carbocycles. The van der Waals surface area contributed by atoms with Gasteiger partial charge in [0, 0.05) is 6.04 Å². The van der Waals surface area contributed by atoms with Gasteiger partial charge in [0.05, 0.1) is 5.56 Å². The van der Waals surface area contributed by atoms with E-state index in [0.717, 1.165) is 18.8 Å². The standard InChI is InChI=1S/C13H18ClN3O/c1-2-9-3-5-10(6-4-9)17-13-11(7-18)12(14)15-8-16-13/h7-10H,2-6H2,1H3,(H,15,16,17). The van der Waals surface area contributed by atoms with Crippen LogP contribution in [0.2, 0.25) is 5.15 Å². The largest absolute Gasteiger partial charge is 0.367 e. The summed E-state index contributed by atoms with van der Waals surface area (Å²) in [5.41, 5.74) is 0.358. The molecular formula is C13H18ClN3O. The number of nitrogens with zero attached hydrogens (tertiary/aromatic N) is 2. The van der Waals surface area contributed by atoms with Crippen LogP contribution in [0.4, 0.5) is 5.82 Å². The molecule has 18 heavy (non-hydrogen) atoms. The molecule has 1 fully saturated rings. The van der Waals surface area contributed by atoms with E-state index in [2.05, 4.69) is 22.2 Å². The Morgan fingerprint density at radius 3 is 2.72 bits per heavy atom. The molecule has 4 nitrogen and oxygen atoms in total. The van der Waals surface area contributed by atoms with Crippen LogP contribution in [-0.4, -0.2) is 22.3 Å². The lowest BCUT2D eigenvalue weighted by atomic mass is 9.84. The van der Waals surface area contributed by atoms with Crippen LogP contribution in [-0.2, 0) is 0 Å². The van der Waals surface area contributed by atoms with E-state index in [0.29, 0.717) is 23.7 Å². The fourth-order valence-corrected chi connectivity index (χ4v) is 2.68. The number of anilines is 1. The third kappa shape index (κ3) is 2.99. The van der Waals surface area contributed by atoms with Crippen molar-refractivity contribution in [1.82, 2.24) is 9.97 Å². The smallest absolute Gasteiger partial charge is 0.156 e. The van der Waals surface area contributed by atoms with Crippen LogP contribution in [0.15, 0.2) is 6.33 Å². The minimum absolute atomic E-state index is 0.213. The summed E-state index contributed by atoms with van der Waals surface area (Å²) in [6, 6.07) is 0.387. The zero-order chi connectivity index (χ0) is 13.0. The van der Waals surface area contributed by atoms with E-state index in [1.54, 1.807) is 0 Å². The summed E-state index contributed by atoms with van der Waals surface area (Å²) in [7, 11) is 0. The van der Waals surface area contributed by atoms with E-state index in [1.165, 1.54) is 25.6 Å². The molecule has 0 radical (unpaired) electrons. The van der Waals surface area contributed by atoms with Crippen molar-refractivity contribution >= 4 is 23.7 Å². The summed E-state index contributed by atoms with van der Waals surface area (Å²) >= 11 is 5.87. The van der Waals surface area contributed by atoms with Gasteiger partial charge in [-0.25, -0.2) is 9.97 Å². The monoisotopic (exact) mass is 267 g/mol. The second kappa shape index (κ2) is 6.14. The molecule has 0 spiro atoms. The van der Waals surface area contributed by atoms with Crippen LogP contribution in [0.5, 0.6) is 0 Å². The van der Waals surface area contributed by atoms with Gasteiger partial charge in [-0.3, -0.25) is 4.79 Å². The highest BCUT2D eigenvalue weighted by Crippen LogP contribution is 2.29. The first-order valence-electron chi connectivity index (χ1n) is 6.46. The Labute approximate surface area is 112 Å². The van der Waals surface area contributed by atoms with Crippen LogP contribution < -0.4 is 5.32 Å².